The second-order valence-electron chi connectivity index (χ2n) is 5.55. The average molecular weight is 249 g/mol. The first kappa shape index (κ1) is 13.1. The lowest BCUT2D eigenvalue weighted by Crippen LogP contribution is -2.18. The van der Waals surface area contributed by atoms with E-state index in [4.69, 9.17) is 4.42 Å². The molecule has 1 aromatic carbocycles. The van der Waals surface area contributed by atoms with E-state index in [0.29, 0.717) is 12.1 Å². The van der Waals surface area contributed by atoms with Gasteiger partial charge in [-0.25, -0.2) is 4.39 Å². The van der Waals surface area contributed by atoms with E-state index < -0.39 is 0 Å². The number of nitrogens with one attached hydrogen (secondary N) is 1. The molecule has 2 nitrogen and oxygen atoms in total. The molecule has 1 heterocycles. The number of rotatable bonds is 3. The van der Waals surface area contributed by atoms with Crippen molar-refractivity contribution in [3.05, 3.63) is 35.3 Å². The molecule has 3 heteroatoms. The fourth-order valence-electron chi connectivity index (χ4n) is 2.32. The van der Waals surface area contributed by atoms with Gasteiger partial charge in [0.1, 0.15) is 5.76 Å². The summed E-state index contributed by atoms with van der Waals surface area (Å²) < 4.78 is 19.5. The molecule has 0 radical (unpaired) electrons. The highest BCUT2D eigenvalue weighted by molar-refractivity contribution is 5.83. The van der Waals surface area contributed by atoms with Gasteiger partial charge in [0, 0.05) is 10.9 Å². The van der Waals surface area contributed by atoms with Gasteiger partial charge in [-0.3, -0.25) is 0 Å². The summed E-state index contributed by atoms with van der Waals surface area (Å²) in [6.07, 6.45) is 0. The Morgan fingerprint density at radius 1 is 1.28 bits per heavy atom. The first-order chi connectivity index (χ1) is 8.45. The Morgan fingerprint density at radius 2 is 2.00 bits per heavy atom. The van der Waals surface area contributed by atoms with Gasteiger partial charge in [-0.15, -0.1) is 0 Å². The molecular formula is C15H20FNO. The minimum atomic E-state index is -0.291. The van der Waals surface area contributed by atoms with Crippen LogP contribution < -0.4 is 5.32 Å². The van der Waals surface area contributed by atoms with Crippen molar-refractivity contribution in [1.29, 1.82) is 0 Å². The Labute approximate surface area is 107 Å². The molecule has 2 aromatic rings. The van der Waals surface area contributed by atoms with Crippen LogP contribution in [-0.4, -0.2) is 6.54 Å². The predicted octanol–water partition coefficient (Wildman–Crippen LogP) is 3.98. The van der Waals surface area contributed by atoms with Gasteiger partial charge < -0.3 is 9.73 Å². The first-order valence-electron chi connectivity index (χ1n) is 6.36. The Hall–Kier alpha value is -1.35. The second kappa shape index (κ2) is 4.73. The van der Waals surface area contributed by atoms with Gasteiger partial charge in [-0.05, 0) is 18.0 Å². The van der Waals surface area contributed by atoms with E-state index in [-0.39, 0.29) is 11.2 Å². The molecule has 0 aliphatic carbocycles. The van der Waals surface area contributed by atoms with Crippen molar-refractivity contribution in [2.75, 3.05) is 6.54 Å². The normalized spacial score (nSPS) is 12.3. The van der Waals surface area contributed by atoms with Crippen LogP contribution in [0.5, 0.6) is 0 Å². The van der Waals surface area contributed by atoms with Crippen LogP contribution >= 0.6 is 0 Å². The summed E-state index contributed by atoms with van der Waals surface area (Å²) in [7, 11) is 0. The number of para-hydroxylation sites is 1. The van der Waals surface area contributed by atoms with Crippen LogP contribution in [0.1, 0.15) is 39.0 Å². The lowest BCUT2D eigenvalue weighted by molar-refractivity contribution is 0.475. The van der Waals surface area contributed by atoms with Crippen LogP contribution in [0.2, 0.25) is 0 Å². The maximum atomic E-state index is 13.8. The lowest BCUT2D eigenvalue weighted by Gasteiger charge is -2.19. The van der Waals surface area contributed by atoms with Gasteiger partial charge in [-0.2, -0.15) is 0 Å². The molecule has 0 spiro atoms. The summed E-state index contributed by atoms with van der Waals surface area (Å²) >= 11 is 0. The molecule has 2 rings (SSSR count). The van der Waals surface area contributed by atoms with E-state index in [1.54, 1.807) is 6.07 Å². The third kappa shape index (κ3) is 2.27. The number of halogens is 1. The molecule has 0 aliphatic rings. The summed E-state index contributed by atoms with van der Waals surface area (Å²) in [6, 6.07) is 5.10. The van der Waals surface area contributed by atoms with Gasteiger partial charge >= 0.3 is 0 Å². The van der Waals surface area contributed by atoms with E-state index in [1.165, 1.54) is 6.07 Å². The van der Waals surface area contributed by atoms with Crippen molar-refractivity contribution in [1.82, 2.24) is 5.32 Å². The Morgan fingerprint density at radius 3 is 2.61 bits per heavy atom. The maximum Gasteiger partial charge on any atom is 0.170 e. The molecule has 0 fully saturated rings. The molecule has 18 heavy (non-hydrogen) atoms. The highest BCUT2D eigenvalue weighted by atomic mass is 19.1. The highest BCUT2D eigenvalue weighted by Crippen LogP contribution is 2.36. The van der Waals surface area contributed by atoms with Gasteiger partial charge in [-0.1, -0.05) is 39.8 Å². The molecule has 0 amide bonds. The SMILES string of the molecule is CCNCc1oc2c(F)cccc2c1C(C)(C)C. The van der Waals surface area contributed by atoms with Crippen LogP contribution in [0.4, 0.5) is 4.39 Å². The monoisotopic (exact) mass is 249 g/mol. The van der Waals surface area contributed by atoms with Crippen molar-refractivity contribution < 1.29 is 8.81 Å². The van der Waals surface area contributed by atoms with Crippen molar-refractivity contribution in [3.8, 4) is 0 Å². The molecular weight excluding hydrogens is 229 g/mol. The highest BCUT2D eigenvalue weighted by Gasteiger charge is 2.25. The van der Waals surface area contributed by atoms with Crippen LogP contribution in [0.15, 0.2) is 22.6 Å². The molecule has 0 saturated carbocycles. The largest absolute Gasteiger partial charge is 0.456 e. The Balaban J connectivity index is 2.65. The van der Waals surface area contributed by atoms with Crippen LogP contribution in [0.25, 0.3) is 11.0 Å². The zero-order chi connectivity index (χ0) is 13.3. The fraction of sp³-hybridized carbons (Fsp3) is 0.467. The zero-order valence-corrected chi connectivity index (χ0v) is 11.4. The molecule has 0 unspecified atom stereocenters. The Bertz CT molecular complexity index is 551. The topological polar surface area (TPSA) is 25.2 Å². The van der Waals surface area contributed by atoms with Gasteiger partial charge in [0.15, 0.2) is 11.4 Å². The summed E-state index contributed by atoms with van der Waals surface area (Å²) in [5.74, 6) is 0.546. The Kier molecular flexibility index (Phi) is 3.44. The van der Waals surface area contributed by atoms with Crippen molar-refractivity contribution >= 4 is 11.0 Å². The first-order valence-corrected chi connectivity index (χ1v) is 6.36. The summed E-state index contributed by atoms with van der Waals surface area (Å²) in [4.78, 5) is 0. The summed E-state index contributed by atoms with van der Waals surface area (Å²) in [5.41, 5.74) is 1.40. The molecule has 0 aliphatic heterocycles. The maximum absolute atomic E-state index is 13.8. The number of benzene rings is 1. The fourth-order valence-corrected chi connectivity index (χ4v) is 2.32. The van der Waals surface area contributed by atoms with Crippen LogP contribution in [-0.2, 0) is 12.0 Å². The van der Waals surface area contributed by atoms with Crippen molar-refractivity contribution in [2.45, 2.75) is 39.7 Å². The van der Waals surface area contributed by atoms with E-state index in [2.05, 4.69) is 26.1 Å². The third-order valence-electron chi connectivity index (χ3n) is 3.03. The number of hydrogen-bond acceptors (Lipinski definition) is 2. The second-order valence-corrected chi connectivity index (χ2v) is 5.55. The van der Waals surface area contributed by atoms with Crippen LogP contribution in [0, 0.1) is 5.82 Å². The van der Waals surface area contributed by atoms with E-state index in [1.807, 2.05) is 13.0 Å². The average Bonchev–Trinajstić information content (AvgIpc) is 2.66. The zero-order valence-electron chi connectivity index (χ0n) is 11.4. The smallest absolute Gasteiger partial charge is 0.170 e. The van der Waals surface area contributed by atoms with E-state index >= 15 is 0 Å². The number of fused-ring (bicyclic) bond motifs is 1. The third-order valence-corrected chi connectivity index (χ3v) is 3.03. The molecule has 1 aromatic heterocycles. The lowest BCUT2D eigenvalue weighted by atomic mass is 9.84. The number of hydrogen-bond donors (Lipinski definition) is 1. The van der Waals surface area contributed by atoms with E-state index in [0.717, 1.165) is 23.3 Å². The van der Waals surface area contributed by atoms with Gasteiger partial charge in [0.05, 0.1) is 6.54 Å². The minimum absolute atomic E-state index is 0.0657. The van der Waals surface area contributed by atoms with Crippen LogP contribution in [0.3, 0.4) is 0 Å². The predicted molar refractivity (Wildman–Crippen MR) is 72.3 cm³/mol. The van der Waals surface area contributed by atoms with Crippen molar-refractivity contribution in [3.63, 3.8) is 0 Å². The molecule has 0 atom stereocenters. The summed E-state index contributed by atoms with van der Waals surface area (Å²) in [5, 5.41) is 4.13. The van der Waals surface area contributed by atoms with Gasteiger partial charge in [0.2, 0.25) is 0 Å². The molecule has 0 saturated heterocycles. The van der Waals surface area contributed by atoms with Gasteiger partial charge in [0.25, 0.3) is 0 Å². The quantitative estimate of drug-likeness (QED) is 0.890. The molecule has 1 N–H and O–H groups in total. The molecule has 0 bridgehead atoms. The molecule has 98 valence electrons. The van der Waals surface area contributed by atoms with E-state index in [9.17, 15) is 4.39 Å². The minimum Gasteiger partial charge on any atom is -0.456 e. The number of furan rings is 1. The van der Waals surface area contributed by atoms with Crippen molar-refractivity contribution in [2.24, 2.45) is 0 Å². The summed E-state index contributed by atoms with van der Waals surface area (Å²) in [6.45, 7) is 9.91. The standard InChI is InChI=1S/C15H20FNO/c1-5-17-9-12-13(15(2,3)4)10-7-6-8-11(16)14(10)18-12/h6-8,17H,5,9H2,1-4H3.